The second-order valence-electron chi connectivity index (χ2n) is 6.05. The van der Waals surface area contributed by atoms with E-state index in [1.54, 1.807) is 6.07 Å². The molecule has 1 aliphatic rings. The van der Waals surface area contributed by atoms with Gasteiger partial charge in [0.05, 0.1) is 13.2 Å². The molecule has 2 aromatic rings. The second kappa shape index (κ2) is 8.62. The van der Waals surface area contributed by atoms with Crippen LogP contribution in [0.1, 0.15) is 24.3 Å². The molecule has 1 aromatic heterocycles. The summed E-state index contributed by atoms with van der Waals surface area (Å²) in [6.45, 7) is 9.11. The fourth-order valence-corrected chi connectivity index (χ4v) is 2.95. The van der Waals surface area contributed by atoms with Crippen LogP contribution in [0.4, 0.5) is 17.2 Å². The summed E-state index contributed by atoms with van der Waals surface area (Å²) in [6.07, 6.45) is 0. The lowest BCUT2D eigenvalue weighted by Crippen LogP contribution is -2.37. The second-order valence-corrected chi connectivity index (χ2v) is 6.05. The molecular weight excluding hydrogens is 330 g/mol. The number of carbonyl (C=O) groups excluding carboxylic acids is 1. The van der Waals surface area contributed by atoms with Gasteiger partial charge in [-0.25, -0.2) is 0 Å². The first-order chi connectivity index (χ1) is 12.7. The Kier molecular flexibility index (Phi) is 6.01. The lowest BCUT2D eigenvalue weighted by molar-refractivity contribution is 0.102. The van der Waals surface area contributed by atoms with Crippen LogP contribution in [0.2, 0.25) is 0 Å². The summed E-state index contributed by atoms with van der Waals surface area (Å²) >= 11 is 0. The molecule has 1 aliphatic heterocycles. The van der Waals surface area contributed by atoms with E-state index in [4.69, 9.17) is 4.74 Å². The molecule has 0 atom stereocenters. The van der Waals surface area contributed by atoms with Crippen molar-refractivity contribution in [1.82, 2.24) is 10.2 Å². The Morgan fingerprint density at radius 1 is 1.08 bits per heavy atom. The van der Waals surface area contributed by atoms with E-state index in [1.165, 1.54) is 0 Å². The van der Waals surface area contributed by atoms with Gasteiger partial charge in [-0.15, -0.1) is 10.2 Å². The first-order valence-electron chi connectivity index (χ1n) is 9.04. The first kappa shape index (κ1) is 18.1. The largest absolute Gasteiger partial charge is 0.378 e. The summed E-state index contributed by atoms with van der Waals surface area (Å²) in [5.41, 5.74) is 2.18. The highest BCUT2D eigenvalue weighted by atomic mass is 16.5. The number of hydrogen-bond donors (Lipinski definition) is 1. The third-order valence-electron chi connectivity index (χ3n) is 4.47. The minimum atomic E-state index is -0.262. The quantitative estimate of drug-likeness (QED) is 0.858. The SMILES string of the molecule is CCN(CC)c1ccc(NC(=O)c2ccc(N3CCOCC3)nn2)cc1. The summed E-state index contributed by atoms with van der Waals surface area (Å²) in [5.74, 6) is 0.509. The van der Waals surface area contributed by atoms with Crippen LogP contribution in [0.25, 0.3) is 0 Å². The van der Waals surface area contributed by atoms with E-state index in [2.05, 4.69) is 39.2 Å². The maximum atomic E-state index is 12.4. The van der Waals surface area contributed by atoms with Crippen molar-refractivity contribution in [2.75, 3.05) is 54.5 Å². The molecule has 0 radical (unpaired) electrons. The monoisotopic (exact) mass is 355 g/mol. The third kappa shape index (κ3) is 4.29. The van der Waals surface area contributed by atoms with E-state index in [0.29, 0.717) is 18.9 Å². The van der Waals surface area contributed by atoms with Gasteiger partial charge in [0.1, 0.15) is 0 Å². The summed E-state index contributed by atoms with van der Waals surface area (Å²) in [6, 6.07) is 11.4. The lowest BCUT2D eigenvalue weighted by Gasteiger charge is -2.27. The molecule has 1 amide bonds. The lowest BCUT2D eigenvalue weighted by atomic mass is 10.2. The number of anilines is 3. The number of rotatable bonds is 6. The number of hydrogen-bond acceptors (Lipinski definition) is 6. The number of nitrogens with zero attached hydrogens (tertiary/aromatic N) is 4. The number of benzene rings is 1. The van der Waals surface area contributed by atoms with Crippen molar-refractivity contribution in [2.45, 2.75) is 13.8 Å². The molecular formula is C19H25N5O2. The number of morpholine rings is 1. The molecule has 7 nitrogen and oxygen atoms in total. The van der Waals surface area contributed by atoms with Crippen molar-refractivity contribution < 1.29 is 9.53 Å². The van der Waals surface area contributed by atoms with Crippen molar-refractivity contribution >= 4 is 23.1 Å². The van der Waals surface area contributed by atoms with Crippen LogP contribution in [0.5, 0.6) is 0 Å². The Labute approximate surface area is 154 Å². The highest BCUT2D eigenvalue weighted by Crippen LogP contribution is 2.18. The zero-order valence-corrected chi connectivity index (χ0v) is 15.3. The molecule has 0 saturated carbocycles. The van der Waals surface area contributed by atoms with Gasteiger partial charge in [-0.1, -0.05) is 0 Å². The van der Waals surface area contributed by atoms with Crippen LogP contribution in [-0.2, 0) is 4.74 Å². The smallest absolute Gasteiger partial charge is 0.276 e. The number of ether oxygens (including phenoxy) is 1. The van der Waals surface area contributed by atoms with Gasteiger partial charge in [-0.3, -0.25) is 4.79 Å². The fourth-order valence-electron chi connectivity index (χ4n) is 2.95. The number of aromatic nitrogens is 2. The topological polar surface area (TPSA) is 70.6 Å². The highest BCUT2D eigenvalue weighted by Gasteiger charge is 2.14. The van der Waals surface area contributed by atoms with Crippen LogP contribution in [0, 0.1) is 0 Å². The standard InChI is InChI=1S/C19H25N5O2/c1-3-23(4-2)16-7-5-15(6-8-16)20-19(25)17-9-10-18(22-21-17)24-11-13-26-14-12-24/h5-10H,3-4,11-14H2,1-2H3,(H,20,25). The third-order valence-corrected chi connectivity index (χ3v) is 4.47. The average Bonchev–Trinajstić information content (AvgIpc) is 2.71. The first-order valence-corrected chi connectivity index (χ1v) is 9.04. The number of carbonyl (C=O) groups is 1. The average molecular weight is 355 g/mol. The van der Waals surface area contributed by atoms with Crippen LogP contribution < -0.4 is 15.1 Å². The van der Waals surface area contributed by atoms with E-state index in [0.717, 1.165) is 43.4 Å². The van der Waals surface area contributed by atoms with E-state index in [9.17, 15) is 4.79 Å². The van der Waals surface area contributed by atoms with Crippen molar-refractivity contribution in [1.29, 1.82) is 0 Å². The summed E-state index contributed by atoms with van der Waals surface area (Å²) in [4.78, 5) is 16.7. The normalized spacial score (nSPS) is 14.2. The van der Waals surface area contributed by atoms with Crippen molar-refractivity contribution in [3.63, 3.8) is 0 Å². The van der Waals surface area contributed by atoms with Crippen molar-refractivity contribution in [2.24, 2.45) is 0 Å². The van der Waals surface area contributed by atoms with Gasteiger partial charge in [0.2, 0.25) is 0 Å². The zero-order valence-electron chi connectivity index (χ0n) is 15.3. The molecule has 138 valence electrons. The number of amides is 1. The van der Waals surface area contributed by atoms with Gasteiger partial charge in [0.15, 0.2) is 11.5 Å². The van der Waals surface area contributed by atoms with E-state index in [1.807, 2.05) is 30.3 Å². The van der Waals surface area contributed by atoms with Crippen LogP contribution in [0.3, 0.4) is 0 Å². The Morgan fingerprint density at radius 3 is 2.35 bits per heavy atom. The van der Waals surface area contributed by atoms with E-state index >= 15 is 0 Å². The molecule has 1 N–H and O–H groups in total. The molecule has 0 bridgehead atoms. The molecule has 1 saturated heterocycles. The van der Waals surface area contributed by atoms with Gasteiger partial charge in [0.25, 0.3) is 5.91 Å². The van der Waals surface area contributed by atoms with Gasteiger partial charge < -0.3 is 19.9 Å². The Balaban J connectivity index is 1.62. The predicted octanol–water partition coefficient (Wildman–Crippen LogP) is 2.41. The molecule has 7 heteroatoms. The fraction of sp³-hybridized carbons (Fsp3) is 0.421. The zero-order chi connectivity index (χ0) is 18.4. The van der Waals surface area contributed by atoms with Crippen LogP contribution >= 0.6 is 0 Å². The maximum Gasteiger partial charge on any atom is 0.276 e. The number of nitrogens with one attached hydrogen (secondary N) is 1. The molecule has 3 rings (SSSR count). The molecule has 0 aliphatic carbocycles. The van der Waals surface area contributed by atoms with Gasteiger partial charge >= 0.3 is 0 Å². The Hall–Kier alpha value is -2.67. The Bertz CT molecular complexity index is 708. The van der Waals surface area contributed by atoms with Gasteiger partial charge in [0, 0.05) is 37.6 Å². The van der Waals surface area contributed by atoms with E-state index in [-0.39, 0.29) is 5.91 Å². The predicted molar refractivity (Wildman–Crippen MR) is 103 cm³/mol. The Morgan fingerprint density at radius 2 is 1.77 bits per heavy atom. The summed E-state index contributed by atoms with van der Waals surface area (Å²) in [7, 11) is 0. The van der Waals surface area contributed by atoms with Gasteiger partial charge in [-0.05, 0) is 50.2 Å². The maximum absolute atomic E-state index is 12.4. The minimum absolute atomic E-state index is 0.262. The minimum Gasteiger partial charge on any atom is -0.378 e. The van der Waals surface area contributed by atoms with E-state index < -0.39 is 0 Å². The highest BCUT2D eigenvalue weighted by molar-refractivity contribution is 6.02. The summed E-state index contributed by atoms with van der Waals surface area (Å²) < 4.78 is 5.33. The molecule has 0 unspecified atom stereocenters. The van der Waals surface area contributed by atoms with Crippen LogP contribution in [0.15, 0.2) is 36.4 Å². The van der Waals surface area contributed by atoms with Crippen LogP contribution in [-0.4, -0.2) is 55.5 Å². The molecule has 1 fully saturated rings. The van der Waals surface area contributed by atoms with Crippen molar-refractivity contribution in [3.8, 4) is 0 Å². The van der Waals surface area contributed by atoms with Crippen molar-refractivity contribution in [3.05, 3.63) is 42.1 Å². The van der Waals surface area contributed by atoms with Gasteiger partial charge in [-0.2, -0.15) is 0 Å². The molecule has 0 spiro atoms. The molecule has 2 heterocycles. The summed E-state index contributed by atoms with van der Waals surface area (Å²) in [5, 5.41) is 11.1. The molecule has 26 heavy (non-hydrogen) atoms. The molecule has 1 aromatic carbocycles.